The maximum absolute atomic E-state index is 13.9. The molecule has 0 saturated carbocycles. The van der Waals surface area contributed by atoms with E-state index in [2.05, 4.69) is 5.32 Å². The number of rotatable bonds is 10. The standard InChI is InChI=1S/C28H30Cl3N3O4S/c1-18(2)32-28(36)20(4)33(16-21-10-12-24(30)25(31)15-21)27(35)17-34(26-13-11-22(29)14-19(26)3)39(37,38)23-8-6-5-7-9-23/h5-15,18,20H,16-17H2,1-4H3,(H,32,36). The molecule has 0 bridgehead atoms. The zero-order valence-corrected chi connectivity index (χ0v) is 25.1. The number of aryl methyl sites for hydroxylation is 1. The Kier molecular flexibility index (Phi) is 10.3. The van der Waals surface area contributed by atoms with Crippen molar-refractivity contribution in [2.24, 2.45) is 0 Å². The fourth-order valence-electron chi connectivity index (χ4n) is 3.95. The highest BCUT2D eigenvalue weighted by Crippen LogP contribution is 2.30. The maximum Gasteiger partial charge on any atom is 0.264 e. The van der Waals surface area contributed by atoms with Crippen LogP contribution >= 0.6 is 34.8 Å². The largest absolute Gasteiger partial charge is 0.352 e. The highest BCUT2D eigenvalue weighted by molar-refractivity contribution is 7.92. The van der Waals surface area contributed by atoms with E-state index in [0.29, 0.717) is 31.9 Å². The molecule has 0 fully saturated rings. The van der Waals surface area contributed by atoms with E-state index in [1.165, 1.54) is 17.0 Å². The minimum absolute atomic E-state index is 0.00122. The molecule has 3 aromatic rings. The number of carbonyl (C=O) groups is 2. The van der Waals surface area contributed by atoms with Crippen LogP contribution in [0.25, 0.3) is 0 Å². The van der Waals surface area contributed by atoms with E-state index in [-0.39, 0.29) is 23.4 Å². The van der Waals surface area contributed by atoms with Crippen LogP contribution in [0.4, 0.5) is 5.69 Å². The van der Waals surface area contributed by atoms with E-state index in [0.717, 1.165) is 4.31 Å². The van der Waals surface area contributed by atoms with Crippen molar-refractivity contribution in [1.82, 2.24) is 10.2 Å². The second-order valence-corrected chi connectivity index (χ2v) is 12.5. The van der Waals surface area contributed by atoms with E-state index >= 15 is 0 Å². The fraction of sp³-hybridized carbons (Fsp3) is 0.286. The molecule has 7 nitrogen and oxygen atoms in total. The predicted molar refractivity (Wildman–Crippen MR) is 157 cm³/mol. The molecule has 3 aromatic carbocycles. The highest BCUT2D eigenvalue weighted by Gasteiger charge is 2.33. The van der Waals surface area contributed by atoms with Gasteiger partial charge in [0.25, 0.3) is 10.0 Å². The van der Waals surface area contributed by atoms with Crippen LogP contribution in [0.15, 0.2) is 71.6 Å². The summed E-state index contributed by atoms with van der Waals surface area (Å²) in [5.41, 5.74) is 1.49. The third-order valence-electron chi connectivity index (χ3n) is 5.97. The Hall–Kier alpha value is -2.78. The summed E-state index contributed by atoms with van der Waals surface area (Å²) in [7, 11) is -4.16. The quantitative estimate of drug-likeness (QED) is 0.301. The van der Waals surface area contributed by atoms with Crippen molar-refractivity contribution in [2.45, 2.75) is 51.2 Å². The van der Waals surface area contributed by atoms with Crippen molar-refractivity contribution in [3.63, 3.8) is 0 Å². The molecule has 0 aliphatic rings. The van der Waals surface area contributed by atoms with E-state index in [4.69, 9.17) is 34.8 Å². The van der Waals surface area contributed by atoms with Crippen molar-refractivity contribution >= 4 is 62.3 Å². The molecule has 2 amide bonds. The first-order valence-corrected chi connectivity index (χ1v) is 14.8. The van der Waals surface area contributed by atoms with Gasteiger partial charge in [0.15, 0.2) is 0 Å². The van der Waals surface area contributed by atoms with E-state index < -0.39 is 28.5 Å². The lowest BCUT2D eigenvalue weighted by Crippen LogP contribution is -2.52. The number of sulfonamides is 1. The Morgan fingerprint density at radius 1 is 0.897 bits per heavy atom. The summed E-state index contributed by atoms with van der Waals surface area (Å²) in [6.45, 7) is 6.38. The number of nitrogens with one attached hydrogen (secondary N) is 1. The molecule has 11 heteroatoms. The van der Waals surface area contributed by atoms with Gasteiger partial charge in [0.05, 0.1) is 20.6 Å². The van der Waals surface area contributed by atoms with Gasteiger partial charge >= 0.3 is 0 Å². The molecule has 0 spiro atoms. The summed E-state index contributed by atoms with van der Waals surface area (Å²) in [4.78, 5) is 28.3. The van der Waals surface area contributed by atoms with Crippen molar-refractivity contribution in [3.05, 3.63) is 92.9 Å². The molecule has 0 radical (unpaired) electrons. The summed E-state index contributed by atoms with van der Waals surface area (Å²) in [5, 5.41) is 3.89. The van der Waals surface area contributed by atoms with Crippen LogP contribution in [0.1, 0.15) is 31.9 Å². The van der Waals surface area contributed by atoms with Crippen LogP contribution in [0.2, 0.25) is 15.1 Å². The van der Waals surface area contributed by atoms with Crippen LogP contribution in [0.5, 0.6) is 0 Å². The van der Waals surface area contributed by atoms with Gasteiger partial charge in [0, 0.05) is 17.6 Å². The summed E-state index contributed by atoms with van der Waals surface area (Å²) >= 11 is 18.4. The molecular weight excluding hydrogens is 581 g/mol. The first kappa shape index (κ1) is 30.8. The fourth-order valence-corrected chi connectivity index (χ4v) is 6.00. The van der Waals surface area contributed by atoms with Gasteiger partial charge in [-0.25, -0.2) is 8.42 Å². The molecular formula is C28H30Cl3N3O4S. The minimum atomic E-state index is -4.16. The number of nitrogens with zero attached hydrogens (tertiary/aromatic N) is 2. The highest BCUT2D eigenvalue weighted by atomic mass is 35.5. The van der Waals surface area contributed by atoms with Crippen molar-refractivity contribution in [2.75, 3.05) is 10.8 Å². The average molecular weight is 611 g/mol. The van der Waals surface area contributed by atoms with E-state index in [1.807, 2.05) is 13.8 Å². The van der Waals surface area contributed by atoms with Gasteiger partial charge in [-0.3, -0.25) is 13.9 Å². The third kappa shape index (κ3) is 7.66. The van der Waals surface area contributed by atoms with Gasteiger partial charge in [-0.1, -0.05) is 59.1 Å². The zero-order chi connectivity index (χ0) is 28.9. The Morgan fingerprint density at radius 2 is 1.56 bits per heavy atom. The van der Waals surface area contributed by atoms with Crippen molar-refractivity contribution < 1.29 is 18.0 Å². The summed E-state index contributed by atoms with van der Waals surface area (Å²) in [6.07, 6.45) is 0. The van der Waals surface area contributed by atoms with Gasteiger partial charge in [-0.05, 0) is 81.3 Å². The summed E-state index contributed by atoms with van der Waals surface area (Å²) < 4.78 is 28.7. The molecule has 1 N–H and O–H groups in total. The van der Waals surface area contributed by atoms with Crippen LogP contribution in [0, 0.1) is 6.92 Å². The second-order valence-electron chi connectivity index (χ2n) is 9.36. The molecule has 0 heterocycles. The van der Waals surface area contributed by atoms with Crippen LogP contribution in [0.3, 0.4) is 0 Å². The number of benzene rings is 3. The van der Waals surface area contributed by atoms with Crippen LogP contribution in [-0.4, -0.2) is 43.8 Å². The van der Waals surface area contributed by atoms with Gasteiger partial charge in [0.1, 0.15) is 12.6 Å². The van der Waals surface area contributed by atoms with Crippen molar-refractivity contribution in [1.29, 1.82) is 0 Å². The SMILES string of the molecule is Cc1cc(Cl)ccc1N(CC(=O)N(Cc1ccc(Cl)c(Cl)c1)C(C)C(=O)NC(C)C)S(=O)(=O)c1ccccc1. The molecule has 208 valence electrons. The number of anilines is 1. The number of amides is 2. The molecule has 1 unspecified atom stereocenters. The molecule has 39 heavy (non-hydrogen) atoms. The lowest BCUT2D eigenvalue weighted by atomic mass is 10.1. The van der Waals surface area contributed by atoms with Gasteiger partial charge in [-0.15, -0.1) is 0 Å². The Bertz CT molecular complexity index is 1450. The number of hydrogen-bond acceptors (Lipinski definition) is 4. The first-order chi connectivity index (χ1) is 18.3. The van der Waals surface area contributed by atoms with Crippen molar-refractivity contribution in [3.8, 4) is 0 Å². The van der Waals surface area contributed by atoms with E-state index in [9.17, 15) is 18.0 Å². The number of hydrogen-bond donors (Lipinski definition) is 1. The van der Waals surface area contributed by atoms with Crippen LogP contribution < -0.4 is 9.62 Å². The molecule has 3 rings (SSSR count). The molecule has 1 atom stereocenters. The van der Waals surface area contributed by atoms with Gasteiger partial charge < -0.3 is 10.2 Å². The van der Waals surface area contributed by atoms with Gasteiger partial charge in [-0.2, -0.15) is 0 Å². The monoisotopic (exact) mass is 609 g/mol. The maximum atomic E-state index is 13.9. The first-order valence-electron chi connectivity index (χ1n) is 12.2. The summed E-state index contributed by atoms with van der Waals surface area (Å²) in [6, 6.07) is 16.4. The Labute approximate surface area is 244 Å². The third-order valence-corrected chi connectivity index (χ3v) is 8.72. The molecule has 0 saturated heterocycles. The number of carbonyl (C=O) groups excluding carboxylic acids is 2. The van der Waals surface area contributed by atoms with Gasteiger partial charge in [0.2, 0.25) is 11.8 Å². The molecule has 0 aliphatic carbocycles. The smallest absolute Gasteiger partial charge is 0.264 e. The lowest BCUT2D eigenvalue weighted by molar-refractivity contribution is -0.139. The van der Waals surface area contributed by atoms with E-state index in [1.54, 1.807) is 68.4 Å². The topological polar surface area (TPSA) is 86.8 Å². The molecule has 0 aliphatic heterocycles. The lowest BCUT2D eigenvalue weighted by Gasteiger charge is -2.32. The predicted octanol–water partition coefficient (Wildman–Crippen LogP) is 6.09. The Balaban J connectivity index is 2.07. The van der Waals surface area contributed by atoms with Crippen LogP contribution in [-0.2, 0) is 26.2 Å². The average Bonchev–Trinajstić information content (AvgIpc) is 2.87. The normalized spacial score (nSPS) is 12.2. The summed E-state index contributed by atoms with van der Waals surface area (Å²) in [5.74, 6) is -0.958. The Morgan fingerprint density at radius 3 is 2.15 bits per heavy atom. The second kappa shape index (κ2) is 13.0. The zero-order valence-electron chi connectivity index (χ0n) is 22.0. The number of halogens is 3. The molecule has 0 aromatic heterocycles. The minimum Gasteiger partial charge on any atom is -0.352 e.